The summed E-state index contributed by atoms with van der Waals surface area (Å²) in [5.74, 6) is 0.641. The minimum Gasteiger partial charge on any atom is -0.290 e. The topological polar surface area (TPSA) is 78.3 Å². The van der Waals surface area contributed by atoms with Crippen LogP contribution in [0.5, 0.6) is 0 Å². The van der Waals surface area contributed by atoms with E-state index in [-0.39, 0.29) is 0 Å². The summed E-state index contributed by atoms with van der Waals surface area (Å²) < 4.78 is 0. The molecule has 36 heavy (non-hydrogen) atoms. The second-order valence-corrected chi connectivity index (χ2v) is 8.08. The van der Waals surface area contributed by atoms with Gasteiger partial charge in [-0.1, -0.05) is 24.3 Å². The van der Waals surface area contributed by atoms with E-state index in [1.54, 1.807) is 37.2 Å². The van der Waals surface area contributed by atoms with Crippen molar-refractivity contribution in [2.45, 2.75) is 0 Å². The highest BCUT2D eigenvalue weighted by Gasteiger charge is 2.09. The number of aromatic nitrogens is 3. The molecule has 0 bridgehead atoms. The molecule has 7 heteroatoms. The Morgan fingerprint density at radius 2 is 1.19 bits per heavy atom. The number of anilines is 2. The van der Waals surface area contributed by atoms with Crippen LogP contribution >= 0.6 is 0 Å². The van der Waals surface area contributed by atoms with Crippen molar-refractivity contribution in [2.24, 2.45) is 5.10 Å². The van der Waals surface area contributed by atoms with Crippen LogP contribution in [0.1, 0.15) is 5.56 Å². The number of hydrogen-bond acceptors (Lipinski definition) is 6. The number of benzene rings is 2. The molecule has 0 amide bonds. The van der Waals surface area contributed by atoms with Crippen molar-refractivity contribution in [3.63, 3.8) is 0 Å². The summed E-state index contributed by atoms with van der Waals surface area (Å²) in [5, 5.41) is 6.58. The molecule has 0 aliphatic heterocycles. The Labute approximate surface area is 210 Å². The van der Waals surface area contributed by atoms with Crippen LogP contribution in [0, 0.1) is 0 Å². The summed E-state index contributed by atoms with van der Waals surface area (Å²) >= 11 is 0. The SMILES string of the molecule is CN(NC(=NNc1ccc(-c2ccncc2)cc1)c1cccnc1)c1ccc(-c2ccncc2)cc1. The Bertz CT molecular complexity index is 1400. The molecule has 0 spiro atoms. The summed E-state index contributed by atoms with van der Waals surface area (Å²) in [6.07, 6.45) is 10.7. The lowest BCUT2D eigenvalue weighted by atomic mass is 10.1. The van der Waals surface area contributed by atoms with E-state index >= 15 is 0 Å². The molecule has 0 saturated carbocycles. The molecule has 0 aliphatic rings. The minimum atomic E-state index is 0.641. The van der Waals surface area contributed by atoms with E-state index in [4.69, 9.17) is 0 Å². The average molecular weight is 472 g/mol. The van der Waals surface area contributed by atoms with Crippen LogP contribution in [-0.2, 0) is 0 Å². The lowest BCUT2D eigenvalue weighted by Gasteiger charge is -2.23. The molecule has 0 radical (unpaired) electrons. The summed E-state index contributed by atoms with van der Waals surface area (Å²) in [5.41, 5.74) is 13.8. The molecule has 0 atom stereocenters. The number of hydrazone groups is 1. The van der Waals surface area contributed by atoms with Crippen LogP contribution in [0.25, 0.3) is 22.3 Å². The number of hydrazine groups is 1. The molecular formula is C29H25N7. The maximum absolute atomic E-state index is 4.65. The van der Waals surface area contributed by atoms with Crippen LogP contribution < -0.4 is 15.9 Å². The van der Waals surface area contributed by atoms with Crippen molar-refractivity contribution < 1.29 is 0 Å². The fourth-order valence-corrected chi connectivity index (χ4v) is 3.70. The summed E-state index contributed by atoms with van der Waals surface area (Å²) in [6, 6.07) is 28.3. The van der Waals surface area contributed by atoms with Crippen molar-refractivity contribution in [1.29, 1.82) is 0 Å². The third-order valence-electron chi connectivity index (χ3n) is 5.67. The van der Waals surface area contributed by atoms with E-state index < -0.39 is 0 Å². The van der Waals surface area contributed by atoms with Gasteiger partial charge in [-0.25, -0.2) is 0 Å². The zero-order valence-corrected chi connectivity index (χ0v) is 19.8. The third kappa shape index (κ3) is 5.53. The zero-order chi connectivity index (χ0) is 24.6. The largest absolute Gasteiger partial charge is 0.290 e. The number of rotatable bonds is 7. The molecule has 3 aromatic heterocycles. The van der Waals surface area contributed by atoms with Crippen molar-refractivity contribution in [3.8, 4) is 22.3 Å². The predicted octanol–water partition coefficient (Wildman–Crippen LogP) is 5.62. The standard InChI is InChI=1S/C29H25N7/c1-36(28-10-6-23(7-11-28)25-14-19-31-20-15-25)35-29(26-3-2-16-32-21-26)34-33-27-8-4-22(5-9-27)24-12-17-30-18-13-24/h2-21,33H,1H3,(H,34,35). The molecule has 2 aromatic carbocycles. The Hall–Kier alpha value is -5.04. The molecule has 0 saturated heterocycles. The van der Waals surface area contributed by atoms with Crippen molar-refractivity contribution in [3.05, 3.63) is 128 Å². The number of nitrogens with one attached hydrogen (secondary N) is 2. The van der Waals surface area contributed by atoms with Gasteiger partial charge in [-0.2, -0.15) is 5.10 Å². The highest BCUT2D eigenvalue weighted by molar-refractivity contribution is 5.99. The predicted molar refractivity (Wildman–Crippen MR) is 145 cm³/mol. The Balaban J connectivity index is 1.33. The fraction of sp³-hybridized carbons (Fsp3) is 0.0345. The van der Waals surface area contributed by atoms with Crippen LogP contribution in [0.4, 0.5) is 11.4 Å². The number of hydrogen-bond donors (Lipinski definition) is 2. The smallest absolute Gasteiger partial charge is 0.173 e. The van der Waals surface area contributed by atoms with Gasteiger partial charge in [0.2, 0.25) is 0 Å². The Kier molecular flexibility index (Phi) is 6.90. The summed E-state index contributed by atoms with van der Waals surface area (Å²) in [7, 11) is 1.96. The number of amidine groups is 1. The quantitative estimate of drug-likeness (QED) is 0.182. The molecule has 2 N–H and O–H groups in total. The average Bonchev–Trinajstić information content (AvgIpc) is 2.97. The van der Waals surface area contributed by atoms with Gasteiger partial charge >= 0.3 is 0 Å². The van der Waals surface area contributed by atoms with E-state index in [1.165, 1.54) is 0 Å². The highest BCUT2D eigenvalue weighted by Crippen LogP contribution is 2.22. The maximum atomic E-state index is 4.65. The van der Waals surface area contributed by atoms with Crippen molar-refractivity contribution in [2.75, 3.05) is 17.5 Å². The first-order valence-electron chi connectivity index (χ1n) is 11.5. The van der Waals surface area contributed by atoms with E-state index in [2.05, 4.69) is 67.3 Å². The fourth-order valence-electron chi connectivity index (χ4n) is 3.70. The number of pyridine rings is 3. The van der Waals surface area contributed by atoms with Gasteiger partial charge in [0.1, 0.15) is 0 Å². The van der Waals surface area contributed by atoms with Crippen LogP contribution in [0.3, 0.4) is 0 Å². The van der Waals surface area contributed by atoms with E-state index in [0.717, 1.165) is 39.2 Å². The van der Waals surface area contributed by atoms with Crippen LogP contribution in [0.15, 0.2) is 127 Å². The van der Waals surface area contributed by atoms with Gasteiger partial charge < -0.3 is 0 Å². The van der Waals surface area contributed by atoms with Gasteiger partial charge in [0, 0.05) is 49.8 Å². The first-order valence-corrected chi connectivity index (χ1v) is 11.5. The molecule has 7 nitrogen and oxygen atoms in total. The second kappa shape index (κ2) is 10.9. The van der Waals surface area contributed by atoms with Gasteiger partial charge in [0.25, 0.3) is 0 Å². The highest BCUT2D eigenvalue weighted by atomic mass is 15.5. The molecule has 5 rings (SSSR count). The van der Waals surface area contributed by atoms with Crippen LogP contribution in [0.2, 0.25) is 0 Å². The van der Waals surface area contributed by atoms with Gasteiger partial charge in [-0.15, -0.1) is 0 Å². The molecule has 176 valence electrons. The van der Waals surface area contributed by atoms with E-state index in [0.29, 0.717) is 5.84 Å². The van der Waals surface area contributed by atoms with Crippen LogP contribution in [-0.4, -0.2) is 27.8 Å². The van der Waals surface area contributed by atoms with Gasteiger partial charge in [-0.05, 0) is 82.9 Å². The zero-order valence-electron chi connectivity index (χ0n) is 19.8. The Morgan fingerprint density at radius 1 is 0.639 bits per heavy atom. The first kappa shape index (κ1) is 22.7. The summed E-state index contributed by atoms with van der Waals surface area (Å²) in [4.78, 5) is 12.4. The molecular weight excluding hydrogens is 446 g/mol. The minimum absolute atomic E-state index is 0.641. The third-order valence-corrected chi connectivity index (χ3v) is 5.67. The van der Waals surface area contributed by atoms with Crippen molar-refractivity contribution >= 4 is 17.2 Å². The monoisotopic (exact) mass is 471 g/mol. The van der Waals surface area contributed by atoms with Gasteiger partial charge in [0.05, 0.1) is 11.4 Å². The molecule has 0 fully saturated rings. The molecule has 0 unspecified atom stereocenters. The van der Waals surface area contributed by atoms with E-state index in [1.807, 2.05) is 60.6 Å². The van der Waals surface area contributed by atoms with E-state index in [9.17, 15) is 0 Å². The first-order chi connectivity index (χ1) is 17.8. The normalized spacial score (nSPS) is 11.1. The lowest BCUT2D eigenvalue weighted by Crippen LogP contribution is -2.40. The van der Waals surface area contributed by atoms with Crippen molar-refractivity contribution in [1.82, 2.24) is 20.4 Å². The lowest BCUT2D eigenvalue weighted by molar-refractivity contribution is 0.875. The summed E-state index contributed by atoms with van der Waals surface area (Å²) in [6.45, 7) is 0. The van der Waals surface area contributed by atoms with Gasteiger partial charge in [-0.3, -0.25) is 30.8 Å². The molecule has 0 aliphatic carbocycles. The van der Waals surface area contributed by atoms with Gasteiger partial charge in [0.15, 0.2) is 5.84 Å². The Morgan fingerprint density at radius 3 is 1.75 bits per heavy atom. The molecule has 5 aromatic rings. The number of nitrogens with zero attached hydrogens (tertiary/aromatic N) is 5. The molecule has 3 heterocycles. The second-order valence-electron chi connectivity index (χ2n) is 8.08. The maximum Gasteiger partial charge on any atom is 0.173 e.